The van der Waals surface area contributed by atoms with E-state index < -0.39 is 5.56 Å². The molecule has 7 nitrogen and oxygen atoms in total. The van der Waals surface area contributed by atoms with Crippen molar-refractivity contribution in [3.8, 4) is 0 Å². The summed E-state index contributed by atoms with van der Waals surface area (Å²) in [4.78, 5) is 23.1. The lowest BCUT2D eigenvalue weighted by Gasteiger charge is -2.06. The van der Waals surface area contributed by atoms with Crippen molar-refractivity contribution in [3.05, 3.63) is 46.4 Å². The largest absolute Gasteiger partial charge is 0.334 e. The van der Waals surface area contributed by atoms with Gasteiger partial charge in [0.15, 0.2) is 0 Å². The lowest BCUT2D eigenvalue weighted by atomic mass is 10.1. The molecule has 8 heteroatoms. The second-order valence-corrected chi connectivity index (χ2v) is 5.17. The Morgan fingerprint density at radius 2 is 2.10 bits per heavy atom. The van der Waals surface area contributed by atoms with E-state index in [0.29, 0.717) is 0 Å². The first kappa shape index (κ1) is 15.0. The fraction of sp³-hybridized carbons (Fsp3) is 0.231. The van der Waals surface area contributed by atoms with Crippen molar-refractivity contribution in [2.75, 3.05) is 16.9 Å². The molecule has 1 amide bonds. The van der Waals surface area contributed by atoms with Crippen LogP contribution in [0.5, 0.6) is 0 Å². The van der Waals surface area contributed by atoms with Crippen molar-refractivity contribution < 1.29 is 4.79 Å². The number of aromatic nitrogens is 3. The normalized spacial score (nSPS) is 10.3. The number of carbonyl (C=O) groups is 1. The number of benzene rings is 1. The smallest absolute Gasteiger partial charge is 0.291 e. The number of carbonyl (C=O) groups excluding carboxylic acids is 1. The number of anilines is 1. The topological polar surface area (TPSA) is 103 Å². The number of amides is 1. The summed E-state index contributed by atoms with van der Waals surface area (Å²) in [5.74, 6) is 5.38. The highest BCUT2D eigenvalue weighted by Gasteiger charge is 2.08. The average molecular weight is 305 g/mol. The van der Waals surface area contributed by atoms with E-state index in [1.165, 1.54) is 5.56 Å². The molecule has 0 bridgehead atoms. The molecule has 2 rings (SSSR count). The number of hydrogen-bond donors (Lipinski definition) is 2. The van der Waals surface area contributed by atoms with Crippen LogP contribution in [0.4, 0.5) is 5.69 Å². The minimum Gasteiger partial charge on any atom is -0.334 e. The molecule has 3 N–H and O–H groups in total. The van der Waals surface area contributed by atoms with E-state index in [0.717, 1.165) is 34.7 Å². The standard InChI is InChI=1S/C13H15N5O2S/c1-2-9-3-5-10(6-4-9)16-11(19)8-21-13-17-15-7-12(20)18(13)14/h3-7H,2,8,14H2,1H3,(H,16,19). The van der Waals surface area contributed by atoms with E-state index in [4.69, 9.17) is 5.84 Å². The predicted octanol–water partition coefficient (Wildman–Crippen LogP) is 0.645. The van der Waals surface area contributed by atoms with Gasteiger partial charge in [-0.05, 0) is 24.1 Å². The van der Waals surface area contributed by atoms with E-state index in [9.17, 15) is 9.59 Å². The highest BCUT2D eigenvalue weighted by molar-refractivity contribution is 7.99. The minimum absolute atomic E-state index is 0.0882. The molecule has 1 aromatic carbocycles. The van der Waals surface area contributed by atoms with Crippen molar-refractivity contribution >= 4 is 23.4 Å². The summed E-state index contributed by atoms with van der Waals surface area (Å²) in [5.41, 5.74) is 1.46. The van der Waals surface area contributed by atoms with Crippen molar-refractivity contribution in [3.63, 3.8) is 0 Å². The molecule has 1 heterocycles. The zero-order valence-electron chi connectivity index (χ0n) is 11.4. The maximum atomic E-state index is 11.8. The maximum Gasteiger partial charge on any atom is 0.291 e. The SMILES string of the molecule is CCc1ccc(NC(=O)CSc2nncc(=O)n2N)cc1. The number of nitrogen functional groups attached to an aromatic ring is 1. The quantitative estimate of drug-likeness (QED) is 0.621. The average Bonchev–Trinajstić information content (AvgIpc) is 2.49. The number of nitrogens with zero attached hydrogens (tertiary/aromatic N) is 3. The van der Waals surface area contributed by atoms with Gasteiger partial charge < -0.3 is 11.2 Å². The fourth-order valence-electron chi connectivity index (χ4n) is 1.58. The summed E-state index contributed by atoms with van der Waals surface area (Å²) in [6.45, 7) is 2.07. The molecule has 0 saturated carbocycles. The molecule has 0 fully saturated rings. The summed E-state index contributed by atoms with van der Waals surface area (Å²) in [5, 5.41) is 10.2. The lowest BCUT2D eigenvalue weighted by molar-refractivity contribution is -0.113. The Balaban J connectivity index is 1.92. The Kier molecular flexibility index (Phi) is 4.94. The van der Waals surface area contributed by atoms with Gasteiger partial charge in [0.25, 0.3) is 5.56 Å². The highest BCUT2D eigenvalue weighted by Crippen LogP contribution is 2.13. The van der Waals surface area contributed by atoms with Gasteiger partial charge in [0.2, 0.25) is 11.1 Å². The number of hydrogen-bond acceptors (Lipinski definition) is 6. The molecule has 0 spiro atoms. The number of nitrogens with two attached hydrogens (primary N) is 1. The first-order valence-electron chi connectivity index (χ1n) is 6.31. The van der Waals surface area contributed by atoms with Crippen LogP contribution in [-0.2, 0) is 11.2 Å². The van der Waals surface area contributed by atoms with E-state index >= 15 is 0 Å². The van der Waals surface area contributed by atoms with Crippen LogP contribution in [0.25, 0.3) is 0 Å². The van der Waals surface area contributed by atoms with E-state index in [-0.39, 0.29) is 16.8 Å². The molecule has 110 valence electrons. The van der Waals surface area contributed by atoms with Crippen LogP contribution in [0.1, 0.15) is 12.5 Å². The molecule has 1 aromatic heterocycles. The van der Waals surface area contributed by atoms with Crippen molar-refractivity contribution in [2.45, 2.75) is 18.5 Å². The van der Waals surface area contributed by atoms with Gasteiger partial charge >= 0.3 is 0 Å². The second-order valence-electron chi connectivity index (χ2n) is 4.22. The fourth-order valence-corrected chi connectivity index (χ4v) is 2.25. The third kappa shape index (κ3) is 4.06. The third-order valence-corrected chi connectivity index (χ3v) is 3.68. The summed E-state index contributed by atoms with van der Waals surface area (Å²) in [6, 6.07) is 7.62. The molecule has 0 atom stereocenters. The number of nitrogens with one attached hydrogen (secondary N) is 1. The van der Waals surface area contributed by atoms with E-state index in [2.05, 4.69) is 22.4 Å². The molecule has 21 heavy (non-hydrogen) atoms. The second kappa shape index (κ2) is 6.89. The number of thioether (sulfide) groups is 1. The van der Waals surface area contributed by atoms with Gasteiger partial charge in [-0.2, -0.15) is 9.77 Å². The van der Waals surface area contributed by atoms with Gasteiger partial charge in [0.05, 0.1) is 5.75 Å². The predicted molar refractivity (Wildman–Crippen MR) is 81.6 cm³/mol. The van der Waals surface area contributed by atoms with Crippen LogP contribution < -0.4 is 16.7 Å². The Labute approximate surface area is 125 Å². The van der Waals surface area contributed by atoms with Gasteiger partial charge in [-0.3, -0.25) is 9.59 Å². The van der Waals surface area contributed by atoms with E-state index in [1.807, 2.05) is 24.3 Å². The Morgan fingerprint density at radius 1 is 1.38 bits per heavy atom. The first-order valence-corrected chi connectivity index (χ1v) is 7.30. The first-order chi connectivity index (χ1) is 10.1. The molecule has 0 saturated heterocycles. The molecule has 0 unspecified atom stereocenters. The van der Waals surface area contributed by atoms with Crippen LogP contribution in [0.3, 0.4) is 0 Å². The summed E-state index contributed by atoms with van der Waals surface area (Å²) >= 11 is 1.05. The molecule has 2 aromatic rings. The lowest BCUT2D eigenvalue weighted by Crippen LogP contribution is -2.30. The Bertz CT molecular complexity index is 684. The summed E-state index contributed by atoms with van der Waals surface area (Å²) < 4.78 is 0.862. The van der Waals surface area contributed by atoms with Crippen molar-refractivity contribution in [1.82, 2.24) is 14.9 Å². The monoisotopic (exact) mass is 305 g/mol. The highest BCUT2D eigenvalue weighted by atomic mass is 32.2. The summed E-state index contributed by atoms with van der Waals surface area (Å²) in [6.07, 6.45) is 1.96. The third-order valence-electron chi connectivity index (χ3n) is 2.73. The van der Waals surface area contributed by atoms with Crippen LogP contribution in [-0.4, -0.2) is 26.5 Å². The molecule has 0 aliphatic carbocycles. The van der Waals surface area contributed by atoms with Crippen LogP contribution in [0.15, 0.2) is 40.4 Å². The zero-order valence-corrected chi connectivity index (χ0v) is 12.3. The van der Waals surface area contributed by atoms with Crippen LogP contribution in [0.2, 0.25) is 0 Å². The van der Waals surface area contributed by atoms with Gasteiger partial charge in [-0.15, -0.1) is 5.10 Å². The van der Waals surface area contributed by atoms with Gasteiger partial charge in [0.1, 0.15) is 6.20 Å². The van der Waals surface area contributed by atoms with Crippen LogP contribution >= 0.6 is 11.8 Å². The van der Waals surface area contributed by atoms with E-state index in [1.54, 1.807) is 0 Å². The van der Waals surface area contributed by atoms with Crippen molar-refractivity contribution in [2.24, 2.45) is 0 Å². The Morgan fingerprint density at radius 3 is 2.76 bits per heavy atom. The number of rotatable bonds is 5. The van der Waals surface area contributed by atoms with Crippen LogP contribution in [0, 0.1) is 0 Å². The minimum atomic E-state index is -0.469. The molecule has 0 radical (unpaired) electrons. The molecular formula is C13H15N5O2S. The van der Waals surface area contributed by atoms with Gasteiger partial charge in [-0.25, -0.2) is 0 Å². The maximum absolute atomic E-state index is 11.8. The Hall–Kier alpha value is -2.35. The van der Waals surface area contributed by atoms with Gasteiger partial charge in [0, 0.05) is 5.69 Å². The molecule has 0 aliphatic heterocycles. The van der Waals surface area contributed by atoms with Gasteiger partial charge in [-0.1, -0.05) is 30.8 Å². The molecular weight excluding hydrogens is 290 g/mol. The van der Waals surface area contributed by atoms with Crippen molar-refractivity contribution in [1.29, 1.82) is 0 Å². The zero-order chi connectivity index (χ0) is 15.2. The number of aryl methyl sites for hydroxylation is 1. The molecule has 0 aliphatic rings. The summed E-state index contributed by atoms with van der Waals surface area (Å²) in [7, 11) is 0.